The second kappa shape index (κ2) is 7.07. The van der Waals surface area contributed by atoms with Gasteiger partial charge in [0.15, 0.2) is 0 Å². The molecule has 0 fully saturated rings. The highest BCUT2D eigenvalue weighted by molar-refractivity contribution is 7.10. The average Bonchev–Trinajstić information content (AvgIpc) is 2.72. The monoisotopic (exact) mass is 251 g/mol. The fourth-order valence-corrected chi connectivity index (χ4v) is 2.30. The maximum Gasteiger partial charge on any atom is 0.231 e. The predicted octanol–water partition coefficient (Wildman–Crippen LogP) is 0.365. The molecule has 0 radical (unpaired) electrons. The summed E-state index contributed by atoms with van der Waals surface area (Å²) in [5.74, 6) is 5.56. The van der Waals surface area contributed by atoms with Crippen LogP contribution >= 0.6 is 11.3 Å². The number of carbonyl (C=O) groups excluding carboxylic acids is 1. The van der Waals surface area contributed by atoms with Crippen LogP contribution in [0.1, 0.15) is 17.4 Å². The molecule has 0 unspecified atom stereocenters. The van der Waals surface area contributed by atoms with Crippen LogP contribution < -0.4 is 11.5 Å². The Morgan fingerprint density at radius 1 is 1.59 bits per heavy atom. The molecule has 0 saturated heterocycles. The van der Waals surface area contributed by atoms with Gasteiger partial charge in [-0.25, -0.2) is 0 Å². The SMILES string of the molecule is CCN(CC(N)=O)Cc1sccc1C#CCN. The van der Waals surface area contributed by atoms with E-state index in [0.29, 0.717) is 13.1 Å². The summed E-state index contributed by atoms with van der Waals surface area (Å²) < 4.78 is 0. The molecule has 0 atom stereocenters. The molecule has 4 nitrogen and oxygen atoms in total. The lowest BCUT2D eigenvalue weighted by atomic mass is 10.2. The molecule has 0 spiro atoms. The number of nitrogens with two attached hydrogens (primary N) is 2. The molecule has 0 aliphatic carbocycles. The third-order valence-corrected chi connectivity index (χ3v) is 3.17. The second-order valence-corrected chi connectivity index (χ2v) is 4.53. The van der Waals surface area contributed by atoms with E-state index in [1.54, 1.807) is 11.3 Å². The maximum atomic E-state index is 10.9. The highest BCUT2D eigenvalue weighted by Gasteiger charge is 2.10. The van der Waals surface area contributed by atoms with Gasteiger partial charge in [-0.2, -0.15) is 0 Å². The van der Waals surface area contributed by atoms with Crippen molar-refractivity contribution in [2.24, 2.45) is 11.5 Å². The number of primary amides is 1. The Kier molecular flexibility index (Phi) is 5.70. The Balaban J connectivity index is 2.72. The fraction of sp³-hybridized carbons (Fsp3) is 0.417. The van der Waals surface area contributed by atoms with Crippen molar-refractivity contribution in [2.75, 3.05) is 19.6 Å². The fourth-order valence-electron chi connectivity index (χ4n) is 1.42. The predicted molar refractivity (Wildman–Crippen MR) is 70.4 cm³/mol. The van der Waals surface area contributed by atoms with Gasteiger partial charge in [0.2, 0.25) is 5.91 Å². The topological polar surface area (TPSA) is 72.3 Å². The highest BCUT2D eigenvalue weighted by Crippen LogP contribution is 2.17. The van der Waals surface area contributed by atoms with Crippen LogP contribution in [0.2, 0.25) is 0 Å². The van der Waals surface area contributed by atoms with Crippen LogP contribution in [-0.4, -0.2) is 30.4 Å². The van der Waals surface area contributed by atoms with Crippen molar-refractivity contribution < 1.29 is 4.79 Å². The lowest BCUT2D eigenvalue weighted by Crippen LogP contribution is -2.33. The number of rotatable bonds is 5. The summed E-state index contributed by atoms with van der Waals surface area (Å²) in [4.78, 5) is 14.0. The number of hydrogen-bond acceptors (Lipinski definition) is 4. The van der Waals surface area contributed by atoms with Crippen molar-refractivity contribution in [1.82, 2.24) is 4.90 Å². The molecule has 0 bridgehead atoms. The Morgan fingerprint density at radius 2 is 2.35 bits per heavy atom. The van der Waals surface area contributed by atoms with Gasteiger partial charge in [-0.05, 0) is 18.0 Å². The molecule has 0 aliphatic heterocycles. The van der Waals surface area contributed by atoms with Gasteiger partial charge in [0.1, 0.15) is 0 Å². The lowest BCUT2D eigenvalue weighted by Gasteiger charge is -2.17. The first kappa shape index (κ1) is 13.7. The van der Waals surface area contributed by atoms with E-state index in [9.17, 15) is 4.79 Å². The second-order valence-electron chi connectivity index (χ2n) is 3.53. The van der Waals surface area contributed by atoms with Crippen LogP contribution in [0.5, 0.6) is 0 Å². The zero-order valence-electron chi connectivity index (χ0n) is 9.90. The van der Waals surface area contributed by atoms with Crippen molar-refractivity contribution in [3.05, 3.63) is 21.9 Å². The first-order valence-electron chi connectivity index (χ1n) is 5.43. The minimum atomic E-state index is -0.307. The maximum absolute atomic E-state index is 10.9. The van der Waals surface area contributed by atoms with Crippen LogP contribution in [0.3, 0.4) is 0 Å². The molecule has 17 heavy (non-hydrogen) atoms. The molecule has 92 valence electrons. The van der Waals surface area contributed by atoms with Gasteiger partial charge in [-0.15, -0.1) is 11.3 Å². The van der Waals surface area contributed by atoms with Gasteiger partial charge >= 0.3 is 0 Å². The van der Waals surface area contributed by atoms with Gasteiger partial charge in [-0.1, -0.05) is 18.8 Å². The molecular formula is C12H17N3OS. The Hall–Kier alpha value is -1.35. The van der Waals surface area contributed by atoms with E-state index < -0.39 is 0 Å². The molecule has 1 aromatic heterocycles. The lowest BCUT2D eigenvalue weighted by molar-refractivity contribution is -0.119. The summed E-state index contributed by atoms with van der Waals surface area (Å²) in [7, 11) is 0. The summed E-state index contributed by atoms with van der Waals surface area (Å²) in [6.07, 6.45) is 0. The standard InChI is InChI=1S/C12H17N3OS/c1-2-15(9-12(14)16)8-11-10(4-3-6-13)5-7-17-11/h5,7H,2,6,8-9,13H2,1H3,(H2,14,16). The number of nitrogens with zero attached hydrogens (tertiary/aromatic N) is 1. The first-order valence-corrected chi connectivity index (χ1v) is 6.31. The van der Waals surface area contributed by atoms with Crippen molar-refractivity contribution in [1.29, 1.82) is 0 Å². The molecule has 4 N–H and O–H groups in total. The first-order chi connectivity index (χ1) is 8.17. The van der Waals surface area contributed by atoms with Gasteiger partial charge in [-0.3, -0.25) is 9.69 Å². The van der Waals surface area contributed by atoms with Crippen molar-refractivity contribution in [3.63, 3.8) is 0 Å². The van der Waals surface area contributed by atoms with Crippen molar-refractivity contribution in [3.8, 4) is 11.8 Å². The Labute approximate surface area is 106 Å². The van der Waals surface area contributed by atoms with Crippen molar-refractivity contribution >= 4 is 17.2 Å². The van der Waals surface area contributed by atoms with E-state index in [2.05, 4.69) is 11.8 Å². The Bertz CT molecular complexity index is 430. The normalized spacial score (nSPS) is 10.1. The molecule has 0 saturated carbocycles. The Morgan fingerprint density at radius 3 is 2.94 bits per heavy atom. The minimum absolute atomic E-state index is 0.276. The molecule has 0 aromatic carbocycles. The zero-order valence-corrected chi connectivity index (χ0v) is 10.7. The summed E-state index contributed by atoms with van der Waals surface area (Å²) in [5, 5.41) is 1.99. The molecule has 1 heterocycles. The molecule has 1 amide bonds. The summed E-state index contributed by atoms with van der Waals surface area (Å²) in [6.45, 7) is 4.12. The van der Waals surface area contributed by atoms with Crippen LogP contribution in [-0.2, 0) is 11.3 Å². The highest BCUT2D eigenvalue weighted by atomic mass is 32.1. The van der Waals surface area contributed by atoms with Crippen LogP contribution in [0.25, 0.3) is 0 Å². The summed E-state index contributed by atoms with van der Waals surface area (Å²) >= 11 is 1.63. The van der Waals surface area contributed by atoms with E-state index in [0.717, 1.165) is 17.0 Å². The van der Waals surface area contributed by atoms with Crippen LogP contribution in [0.15, 0.2) is 11.4 Å². The number of thiophene rings is 1. The van der Waals surface area contributed by atoms with E-state index in [4.69, 9.17) is 11.5 Å². The van der Waals surface area contributed by atoms with E-state index in [1.807, 2.05) is 23.3 Å². The van der Waals surface area contributed by atoms with E-state index in [1.165, 1.54) is 0 Å². The molecule has 1 rings (SSSR count). The van der Waals surface area contributed by atoms with Crippen molar-refractivity contribution in [2.45, 2.75) is 13.5 Å². The number of carbonyl (C=O) groups is 1. The molecule has 0 aliphatic rings. The number of hydrogen-bond donors (Lipinski definition) is 2. The quantitative estimate of drug-likeness (QED) is 0.742. The third-order valence-electron chi connectivity index (χ3n) is 2.26. The van der Waals surface area contributed by atoms with Gasteiger partial charge < -0.3 is 11.5 Å². The molecular weight excluding hydrogens is 234 g/mol. The molecule has 5 heteroatoms. The smallest absolute Gasteiger partial charge is 0.231 e. The van der Waals surface area contributed by atoms with Crippen LogP contribution in [0.4, 0.5) is 0 Å². The number of likely N-dealkylation sites (N-methyl/N-ethyl adjacent to an activating group) is 1. The summed E-state index contributed by atoms with van der Waals surface area (Å²) in [6, 6.07) is 1.97. The summed E-state index contributed by atoms with van der Waals surface area (Å²) in [5.41, 5.74) is 11.5. The zero-order chi connectivity index (χ0) is 12.7. The van der Waals surface area contributed by atoms with Gasteiger partial charge in [0.25, 0.3) is 0 Å². The largest absolute Gasteiger partial charge is 0.369 e. The van der Waals surface area contributed by atoms with E-state index >= 15 is 0 Å². The average molecular weight is 251 g/mol. The van der Waals surface area contributed by atoms with Crippen LogP contribution in [0, 0.1) is 11.8 Å². The minimum Gasteiger partial charge on any atom is -0.369 e. The van der Waals surface area contributed by atoms with Gasteiger partial charge in [0, 0.05) is 17.0 Å². The molecule has 1 aromatic rings. The van der Waals surface area contributed by atoms with E-state index in [-0.39, 0.29) is 12.5 Å². The number of amides is 1. The van der Waals surface area contributed by atoms with Gasteiger partial charge in [0.05, 0.1) is 13.1 Å². The third kappa shape index (κ3) is 4.57.